The van der Waals surface area contributed by atoms with Crippen LogP contribution in [0.2, 0.25) is 5.02 Å². The standard InChI is InChI=1S/C8H9ClFNO/c1-8(2,12)5-3-6(9)7(10)11-4-5/h3-4,12H,1-2H3. The molecule has 0 saturated heterocycles. The van der Waals surface area contributed by atoms with E-state index in [-0.39, 0.29) is 5.02 Å². The summed E-state index contributed by atoms with van der Waals surface area (Å²) in [5, 5.41) is 9.41. The first-order valence-electron chi connectivity index (χ1n) is 3.45. The first-order valence-corrected chi connectivity index (χ1v) is 3.83. The Morgan fingerprint density at radius 2 is 2.17 bits per heavy atom. The van der Waals surface area contributed by atoms with Gasteiger partial charge in [0.25, 0.3) is 0 Å². The Bertz CT molecular complexity index is 296. The Balaban J connectivity index is 3.14. The Kier molecular flexibility index (Phi) is 2.35. The molecule has 1 rings (SSSR count). The minimum absolute atomic E-state index is 0.0744. The SMILES string of the molecule is CC(C)(O)c1cnc(F)c(Cl)c1. The van der Waals surface area contributed by atoms with Crippen molar-refractivity contribution in [2.75, 3.05) is 0 Å². The minimum atomic E-state index is -1.04. The molecular weight excluding hydrogens is 181 g/mol. The monoisotopic (exact) mass is 189 g/mol. The topological polar surface area (TPSA) is 33.1 Å². The summed E-state index contributed by atoms with van der Waals surface area (Å²) >= 11 is 5.47. The van der Waals surface area contributed by atoms with E-state index < -0.39 is 11.5 Å². The molecule has 0 aliphatic heterocycles. The van der Waals surface area contributed by atoms with Crippen LogP contribution < -0.4 is 0 Å². The van der Waals surface area contributed by atoms with Crippen molar-refractivity contribution in [1.29, 1.82) is 0 Å². The van der Waals surface area contributed by atoms with Crippen LogP contribution in [-0.2, 0) is 5.60 Å². The Labute approximate surface area is 75.0 Å². The molecule has 0 aromatic carbocycles. The van der Waals surface area contributed by atoms with Crippen molar-refractivity contribution in [3.05, 3.63) is 28.8 Å². The zero-order valence-corrected chi connectivity index (χ0v) is 7.56. The predicted molar refractivity (Wildman–Crippen MR) is 44.4 cm³/mol. The van der Waals surface area contributed by atoms with Crippen LogP contribution in [0, 0.1) is 5.95 Å². The summed E-state index contributed by atoms with van der Waals surface area (Å²) in [4.78, 5) is 3.39. The Hall–Kier alpha value is -0.670. The molecule has 1 N–H and O–H groups in total. The van der Waals surface area contributed by atoms with E-state index in [0.29, 0.717) is 5.56 Å². The lowest BCUT2D eigenvalue weighted by Crippen LogP contribution is -2.15. The molecule has 1 heterocycles. The molecule has 0 unspecified atom stereocenters. The second-order valence-corrected chi connectivity index (χ2v) is 3.46. The van der Waals surface area contributed by atoms with Gasteiger partial charge in [0.1, 0.15) is 0 Å². The lowest BCUT2D eigenvalue weighted by atomic mass is 10.0. The van der Waals surface area contributed by atoms with Crippen molar-refractivity contribution >= 4 is 11.6 Å². The molecule has 1 aromatic rings. The highest BCUT2D eigenvalue weighted by molar-refractivity contribution is 6.30. The summed E-state index contributed by atoms with van der Waals surface area (Å²) < 4.78 is 12.6. The molecule has 0 aliphatic carbocycles. The number of aromatic nitrogens is 1. The molecule has 0 bridgehead atoms. The van der Waals surface area contributed by atoms with Gasteiger partial charge in [0, 0.05) is 11.8 Å². The van der Waals surface area contributed by atoms with E-state index in [1.165, 1.54) is 12.3 Å². The lowest BCUT2D eigenvalue weighted by molar-refractivity contribution is 0.0781. The van der Waals surface area contributed by atoms with Gasteiger partial charge in [-0.3, -0.25) is 0 Å². The van der Waals surface area contributed by atoms with Crippen LogP contribution in [0.3, 0.4) is 0 Å². The molecule has 0 atom stereocenters. The second kappa shape index (κ2) is 2.99. The first kappa shape index (κ1) is 9.42. The third-order valence-corrected chi connectivity index (χ3v) is 1.77. The van der Waals surface area contributed by atoms with Crippen LogP contribution >= 0.6 is 11.6 Å². The number of rotatable bonds is 1. The largest absolute Gasteiger partial charge is 0.386 e. The van der Waals surface area contributed by atoms with Gasteiger partial charge < -0.3 is 5.11 Å². The van der Waals surface area contributed by atoms with Crippen LogP contribution in [0.4, 0.5) is 4.39 Å². The summed E-state index contributed by atoms with van der Waals surface area (Å²) in [6.07, 6.45) is 1.27. The van der Waals surface area contributed by atoms with E-state index in [4.69, 9.17) is 11.6 Å². The molecule has 2 nitrogen and oxygen atoms in total. The highest BCUT2D eigenvalue weighted by atomic mass is 35.5. The first-order chi connectivity index (χ1) is 5.41. The quantitative estimate of drug-likeness (QED) is 0.687. The van der Waals surface area contributed by atoms with Gasteiger partial charge in [0.15, 0.2) is 0 Å². The molecule has 66 valence electrons. The third-order valence-electron chi connectivity index (χ3n) is 1.50. The second-order valence-electron chi connectivity index (χ2n) is 3.06. The number of halogens is 2. The van der Waals surface area contributed by atoms with E-state index in [9.17, 15) is 9.50 Å². The van der Waals surface area contributed by atoms with E-state index >= 15 is 0 Å². The lowest BCUT2D eigenvalue weighted by Gasteiger charge is -2.16. The molecule has 1 aromatic heterocycles. The van der Waals surface area contributed by atoms with E-state index in [0.717, 1.165) is 0 Å². The average molecular weight is 190 g/mol. The summed E-state index contributed by atoms with van der Waals surface area (Å²) in [5.41, 5.74) is -0.543. The van der Waals surface area contributed by atoms with Gasteiger partial charge in [0.05, 0.1) is 10.6 Å². The zero-order chi connectivity index (χ0) is 9.35. The maximum Gasteiger partial charge on any atom is 0.231 e. The van der Waals surface area contributed by atoms with Crippen LogP contribution in [-0.4, -0.2) is 10.1 Å². The maximum atomic E-state index is 12.6. The molecule has 12 heavy (non-hydrogen) atoms. The van der Waals surface area contributed by atoms with Gasteiger partial charge in [-0.1, -0.05) is 11.6 Å². The Morgan fingerprint density at radius 3 is 2.58 bits per heavy atom. The van der Waals surface area contributed by atoms with Crippen molar-refractivity contribution in [3.8, 4) is 0 Å². The van der Waals surface area contributed by atoms with Crippen LogP contribution in [0.15, 0.2) is 12.3 Å². The van der Waals surface area contributed by atoms with Crippen molar-refractivity contribution in [2.24, 2.45) is 0 Å². The fourth-order valence-corrected chi connectivity index (χ4v) is 0.922. The molecule has 0 fully saturated rings. The maximum absolute atomic E-state index is 12.6. The van der Waals surface area contributed by atoms with Crippen molar-refractivity contribution in [2.45, 2.75) is 19.4 Å². The summed E-state index contributed by atoms with van der Waals surface area (Å²) in [7, 11) is 0. The highest BCUT2D eigenvalue weighted by Gasteiger charge is 2.17. The van der Waals surface area contributed by atoms with Gasteiger partial charge in [-0.05, 0) is 19.9 Å². The normalized spacial score (nSPS) is 11.8. The zero-order valence-electron chi connectivity index (χ0n) is 6.81. The van der Waals surface area contributed by atoms with Gasteiger partial charge in [-0.2, -0.15) is 4.39 Å². The van der Waals surface area contributed by atoms with Crippen LogP contribution in [0.5, 0.6) is 0 Å². The van der Waals surface area contributed by atoms with Crippen molar-refractivity contribution < 1.29 is 9.50 Å². The fraction of sp³-hybridized carbons (Fsp3) is 0.375. The number of aliphatic hydroxyl groups is 1. The van der Waals surface area contributed by atoms with Gasteiger partial charge in [-0.25, -0.2) is 4.98 Å². The van der Waals surface area contributed by atoms with E-state index in [1.807, 2.05) is 0 Å². The molecule has 0 saturated carbocycles. The van der Waals surface area contributed by atoms with Crippen molar-refractivity contribution in [1.82, 2.24) is 4.98 Å². The van der Waals surface area contributed by atoms with Gasteiger partial charge in [-0.15, -0.1) is 0 Å². The fourth-order valence-electron chi connectivity index (χ4n) is 0.756. The van der Waals surface area contributed by atoms with E-state index in [2.05, 4.69) is 4.98 Å². The molecule has 4 heteroatoms. The number of pyridine rings is 1. The van der Waals surface area contributed by atoms with Crippen molar-refractivity contribution in [3.63, 3.8) is 0 Å². The molecule has 0 spiro atoms. The van der Waals surface area contributed by atoms with E-state index in [1.54, 1.807) is 13.8 Å². The summed E-state index contributed by atoms with van der Waals surface area (Å²) in [5.74, 6) is -0.718. The summed E-state index contributed by atoms with van der Waals surface area (Å²) in [6, 6.07) is 1.36. The molecule has 0 aliphatic rings. The Morgan fingerprint density at radius 1 is 1.58 bits per heavy atom. The van der Waals surface area contributed by atoms with Gasteiger partial charge in [0.2, 0.25) is 5.95 Å². The average Bonchev–Trinajstić information content (AvgIpc) is 1.92. The molecular formula is C8H9ClFNO. The third kappa shape index (κ3) is 1.93. The molecule has 0 amide bonds. The predicted octanol–water partition coefficient (Wildman–Crippen LogP) is 2.10. The van der Waals surface area contributed by atoms with Crippen LogP contribution in [0.25, 0.3) is 0 Å². The van der Waals surface area contributed by atoms with Gasteiger partial charge >= 0.3 is 0 Å². The highest BCUT2D eigenvalue weighted by Crippen LogP contribution is 2.22. The number of hydrogen-bond donors (Lipinski definition) is 1. The minimum Gasteiger partial charge on any atom is -0.386 e. The summed E-state index contributed by atoms with van der Waals surface area (Å²) in [6.45, 7) is 3.16. The smallest absolute Gasteiger partial charge is 0.231 e. The molecule has 0 radical (unpaired) electrons. The number of nitrogens with zero attached hydrogens (tertiary/aromatic N) is 1. The van der Waals surface area contributed by atoms with Crippen LogP contribution in [0.1, 0.15) is 19.4 Å². The number of hydrogen-bond acceptors (Lipinski definition) is 2.